The Bertz CT molecular complexity index is 1470. The van der Waals surface area contributed by atoms with Crippen LogP contribution < -0.4 is 10.2 Å². The van der Waals surface area contributed by atoms with Gasteiger partial charge in [-0.05, 0) is 31.2 Å². The number of aliphatic hydroxyl groups excluding tert-OH is 6. The summed E-state index contributed by atoms with van der Waals surface area (Å²) in [6.07, 6.45) is -16.2. The lowest BCUT2D eigenvalue weighted by Gasteiger charge is -2.45. The van der Waals surface area contributed by atoms with Crippen LogP contribution in [-0.4, -0.2) is 114 Å². The molecule has 3 aromatic rings. The molecule has 0 amide bonds. The lowest BCUT2D eigenvalue weighted by Crippen LogP contribution is -2.64. The SMILES string of the molecule is CC1OC(Oc2c(-c3ccc(O)cc3)oc3cc(O)cc(O)c3c2=O)C(O)C(OC2OC(CO)C(O)C(O)C2O)C1O. The summed E-state index contributed by atoms with van der Waals surface area (Å²) >= 11 is 0. The van der Waals surface area contributed by atoms with E-state index in [1.807, 2.05) is 0 Å². The minimum absolute atomic E-state index is 0.0957. The lowest BCUT2D eigenvalue weighted by molar-refractivity contribution is -0.350. The maximum Gasteiger partial charge on any atom is 0.239 e. The van der Waals surface area contributed by atoms with Gasteiger partial charge in [0.2, 0.25) is 17.5 Å². The molecule has 228 valence electrons. The Morgan fingerprint density at radius 2 is 1.50 bits per heavy atom. The Morgan fingerprint density at radius 1 is 0.810 bits per heavy atom. The number of aliphatic hydroxyl groups is 6. The zero-order chi connectivity index (χ0) is 30.5. The topological polar surface area (TPSA) is 249 Å². The van der Waals surface area contributed by atoms with Gasteiger partial charge in [0.15, 0.2) is 12.1 Å². The van der Waals surface area contributed by atoms with Crippen molar-refractivity contribution in [2.45, 2.75) is 68.3 Å². The molecule has 3 heterocycles. The van der Waals surface area contributed by atoms with Gasteiger partial charge in [-0.2, -0.15) is 0 Å². The summed E-state index contributed by atoms with van der Waals surface area (Å²) in [5, 5.41) is 91.5. The second-order valence-electron chi connectivity index (χ2n) is 10.1. The van der Waals surface area contributed by atoms with Gasteiger partial charge in [0, 0.05) is 17.7 Å². The van der Waals surface area contributed by atoms with Crippen LogP contribution in [0.1, 0.15) is 6.92 Å². The number of fused-ring (bicyclic) bond motifs is 1. The van der Waals surface area contributed by atoms with E-state index in [0.717, 1.165) is 12.1 Å². The molecule has 0 radical (unpaired) electrons. The van der Waals surface area contributed by atoms with Crippen molar-refractivity contribution >= 4 is 11.0 Å². The van der Waals surface area contributed by atoms with Crippen molar-refractivity contribution in [3.63, 3.8) is 0 Å². The summed E-state index contributed by atoms with van der Waals surface area (Å²) in [6.45, 7) is 0.656. The van der Waals surface area contributed by atoms with Gasteiger partial charge in [-0.15, -0.1) is 0 Å². The van der Waals surface area contributed by atoms with Crippen molar-refractivity contribution in [3.8, 4) is 34.3 Å². The van der Waals surface area contributed by atoms with Crippen LogP contribution in [0.4, 0.5) is 0 Å². The van der Waals surface area contributed by atoms with Crippen molar-refractivity contribution < 1.29 is 69.3 Å². The van der Waals surface area contributed by atoms with Crippen molar-refractivity contribution in [2.75, 3.05) is 6.61 Å². The van der Waals surface area contributed by atoms with E-state index in [4.69, 9.17) is 23.4 Å². The van der Waals surface area contributed by atoms with E-state index in [2.05, 4.69) is 0 Å². The largest absolute Gasteiger partial charge is 0.508 e. The lowest BCUT2D eigenvalue weighted by atomic mass is 9.97. The first-order valence-electron chi connectivity index (χ1n) is 12.9. The molecule has 2 aliphatic heterocycles. The van der Waals surface area contributed by atoms with Crippen LogP contribution >= 0.6 is 0 Å². The molecule has 9 N–H and O–H groups in total. The average Bonchev–Trinajstić information content (AvgIpc) is 2.95. The molecule has 1 aromatic heterocycles. The van der Waals surface area contributed by atoms with Gasteiger partial charge in [0.25, 0.3) is 0 Å². The van der Waals surface area contributed by atoms with Gasteiger partial charge in [-0.25, -0.2) is 0 Å². The van der Waals surface area contributed by atoms with Crippen LogP contribution in [0, 0.1) is 0 Å². The van der Waals surface area contributed by atoms with E-state index in [9.17, 15) is 50.8 Å². The Kier molecular flexibility index (Phi) is 8.30. The van der Waals surface area contributed by atoms with Crippen molar-refractivity contribution in [1.82, 2.24) is 0 Å². The standard InChI is InChI=1S/C27H30O15/c1-9-17(32)24(41-26-21(36)20(35)18(33)15(8-28)40-26)22(37)27(38-9)42-25-19(34)16-13(31)6-12(30)7-14(16)39-23(25)10-2-4-11(29)5-3-10/h2-7,9,15,17-18,20-22,24,26-33,35-37H,8H2,1H3. The van der Waals surface area contributed by atoms with Gasteiger partial charge in [-0.3, -0.25) is 4.79 Å². The highest BCUT2D eigenvalue weighted by atomic mass is 16.7. The molecule has 5 rings (SSSR count). The molecular formula is C27H30O15. The molecule has 0 bridgehead atoms. The number of phenols is 3. The number of hydrogen-bond acceptors (Lipinski definition) is 15. The predicted molar refractivity (Wildman–Crippen MR) is 139 cm³/mol. The molecular weight excluding hydrogens is 564 g/mol. The Hall–Kier alpha value is -3.51. The van der Waals surface area contributed by atoms with Crippen LogP contribution in [0.25, 0.3) is 22.3 Å². The zero-order valence-corrected chi connectivity index (χ0v) is 21.9. The van der Waals surface area contributed by atoms with Crippen molar-refractivity contribution in [3.05, 3.63) is 46.6 Å². The fourth-order valence-electron chi connectivity index (χ4n) is 4.88. The first-order chi connectivity index (χ1) is 19.9. The Morgan fingerprint density at radius 3 is 2.17 bits per heavy atom. The van der Waals surface area contributed by atoms with E-state index in [0.29, 0.717) is 0 Å². The highest BCUT2D eigenvalue weighted by Gasteiger charge is 2.50. The third-order valence-electron chi connectivity index (χ3n) is 7.20. The van der Waals surface area contributed by atoms with Crippen LogP contribution in [-0.2, 0) is 14.2 Å². The average molecular weight is 595 g/mol. The van der Waals surface area contributed by atoms with Crippen LogP contribution in [0.2, 0.25) is 0 Å². The monoisotopic (exact) mass is 594 g/mol. The van der Waals surface area contributed by atoms with Gasteiger partial charge < -0.3 is 69.3 Å². The molecule has 15 nitrogen and oxygen atoms in total. The normalized spacial score (nSPS) is 33.5. The number of phenolic OH excluding ortho intramolecular Hbond substituents is 3. The summed E-state index contributed by atoms with van der Waals surface area (Å²) in [5.41, 5.74) is -0.902. The number of ether oxygens (including phenoxy) is 4. The van der Waals surface area contributed by atoms with Gasteiger partial charge >= 0.3 is 0 Å². The zero-order valence-electron chi connectivity index (χ0n) is 21.9. The minimum atomic E-state index is -1.88. The molecule has 10 atom stereocenters. The van der Waals surface area contributed by atoms with Crippen LogP contribution in [0.15, 0.2) is 45.6 Å². The molecule has 0 aliphatic carbocycles. The highest BCUT2D eigenvalue weighted by molar-refractivity contribution is 5.88. The van der Waals surface area contributed by atoms with Crippen LogP contribution in [0.3, 0.4) is 0 Å². The van der Waals surface area contributed by atoms with E-state index >= 15 is 0 Å². The van der Waals surface area contributed by atoms with Gasteiger partial charge in [0.1, 0.15) is 70.9 Å². The molecule has 0 spiro atoms. The summed E-state index contributed by atoms with van der Waals surface area (Å²) in [7, 11) is 0. The molecule has 2 saturated heterocycles. The molecule has 2 aliphatic rings. The molecule has 15 heteroatoms. The first-order valence-corrected chi connectivity index (χ1v) is 12.9. The second kappa shape index (κ2) is 11.6. The maximum absolute atomic E-state index is 13.6. The number of benzene rings is 2. The quantitative estimate of drug-likeness (QED) is 0.159. The fourth-order valence-corrected chi connectivity index (χ4v) is 4.88. The van der Waals surface area contributed by atoms with E-state index in [-0.39, 0.29) is 28.0 Å². The van der Waals surface area contributed by atoms with E-state index in [1.54, 1.807) is 0 Å². The number of hydrogen-bond donors (Lipinski definition) is 9. The second-order valence-corrected chi connectivity index (χ2v) is 10.1. The van der Waals surface area contributed by atoms with Crippen molar-refractivity contribution in [2.24, 2.45) is 0 Å². The smallest absolute Gasteiger partial charge is 0.239 e. The number of rotatable bonds is 6. The third-order valence-corrected chi connectivity index (χ3v) is 7.20. The van der Waals surface area contributed by atoms with Gasteiger partial charge in [-0.1, -0.05) is 0 Å². The summed E-state index contributed by atoms with van der Waals surface area (Å²) in [4.78, 5) is 13.6. The summed E-state index contributed by atoms with van der Waals surface area (Å²) in [5.74, 6) is -1.89. The highest BCUT2D eigenvalue weighted by Crippen LogP contribution is 2.38. The molecule has 42 heavy (non-hydrogen) atoms. The summed E-state index contributed by atoms with van der Waals surface area (Å²) in [6, 6.07) is 7.40. The summed E-state index contributed by atoms with van der Waals surface area (Å²) < 4.78 is 28.2. The van der Waals surface area contributed by atoms with Crippen molar-refractivity contribution in [1.29, 1.82) is 0 Å². The molecule has 2 fully saturated rings. The van der Waals surface area contributed by atoms with E-state index < -0.39 is 90.7 Å². The molecule has 2 aromatic carbocycles. The molecule has 10 unspecified atom stereocenters. The predicted octanol–water partition coefficient (Wildman–Crippen LogP) is -1.39. The number of aromatic hydroxyl groups is 3. The Labute approximate surface area is 236 Å². The first kappa shape index (κ1) is 30.0. The Balaban J connectivity index is 1.52. The third kappa shape index (κ3) is 5.37. The fraction of sp³-hybridized carbons (Fsp3) is 0.444. The van der Waals surface area contributed by atoms with Crippen LogP contribution in [0.5, 0.6) is 23.0 Å². The minimum Gasteiger partial charge on any atom is -0.508 e. The van der Waals surface area contributed by atoms with E-state index in [1.165, 1.54) is 31.2 Å². The maximum atomic E-state index is 13.6. The van der Waals surface area contributed by atoms with Gasteiger partial charge in [0.05, 0.1) is 12.7 Å². The molecule has 0 saturated carbocycles.